The summed E-state index contributed by atoms with van der Waals surface area (Å²) in [6, 6.07) is 4.83. The molecule has 0 atom stereocenters. The second-order valence-electron chi connectivity index (χ2n) is 4.11. The number of carbonyl (C=O) groups excluding carboxylic acids is 1. The SMILES string of the molecule is O=C(NCc1cc(Br)cs1)c1cc(C(F)(F)F)ccc1Br. The molecule has 0 aliphatic rings. The van der Waals surface area contributed by atoms with Gasteiger partial charge in [0.1, 0.15) is 0 Å². The Morgan fingerprint density at radius 2 is 1.95 bits per heavy atom. The molecule has 0 saturated carbocycles. The van der Waals surface area contributed by atoms with E-state index in [4.69, 9.17) is 0 Å². The van der Waals surface area contributed by atoms with Gasteiger partial charge in [0, 0.05) is 19.2 Å². The van der Waals surface area contributed by atoms with Gasteiger partial charge in [-0.25, -0.2) is 0 Å². The minimum absolute atomic E-state index is 0.0413. The second kappa shape index (κ2) is 6.50. The van der Waals surface area contributed by atoms with Crippen molar-refractivity contribution < 1.29 is 18.0 Å². The first-order chi connectivity index (χ1) is 9.77. The minimum atomic E-state index is -4.48. The molecule has 1 N–H and O–H groups in total. The normalized spacial score (nSPS) is 11.5. The van der Waals surface area contributed by atoms with E-state index in [0.717, 1.165) is 21.5 Å². The Bertz CT molecular complexity index is 670. The number of alkyl halides is 3. The first-order valence-corrected chi connectivity index (χ1v) is 8.12. The maximum Gasteiger partial charge on any atom is 0.416 e. The molecule has 0 saturated heterocycles. The van der Waals surface area contributed by atoms with Crippen molar-refractivity contribution in [2.75, 3.05) is 0 Å². The molecule has 8 heteroatoms. The van der Waals surface area contributed by atoms with Crippen molar-refractivity contribution in [3.63, 3.8) is 0 Å². The molecule has 0 fully saturated rings. The summed E-state index contributed by atoms with van der Waals surface area (Å²) in [6.45, 7) is 0.262. The lowest BCUT2D eigenvalue weighted by Gasteiger charge is -2.10. The molecule has 1 heterocycles. The highest BCUT2D eigenvalue weighted by molar-refractivity contribution is 9.10. The number of hydrogen-bond acceptors (Lipinski definition) is 2. The Balaban J connectivity index is 2.15. The molecular formula is C13H8Br2F3NOS. The van der Waals surface area contributed by atoms with Crippen LogP contribution in [-0.2, 0) is 12.7 Å². The molecule has 1 amide bonds. The van der Waals surface area contributed by atoms with Crippen LogP contribution in [0, 0.1) is 0 Å². The molecule has 0 aliphatic carbocycles. The van der Waals surface area contributed by atoms with Gasteiger partial charge in [-0.3, -0.25) is 4.79 Å². The van der Waals surface area contributed by atoms with E-state index < -0.39 is 17.6 Å². The molecule has 21 heavy (non-hydrogen) atoms. The fourth-order valence-electron chi connectivity index (χ4n) is 1.58. The summed E-state index contributed by atoms with van der Waals surface area (Å²) in [4.78, 5) is 12.9. The van der Waals surface area contributed by atoms with Crippen LogP contribution in [-0.4, -0.2) is 5.91 Å². The van der Waals surface area contributed by atoms with Gasteiger partial charge in [-0.05, 0) is 56.1 Å². The standard InChI is InChI=1S/C13H8Br2F3NOS/c14-8-4-9(21-6-8)5-19-12(20)10-3-7(13(16,17)18)1-2-11(10)15/h1-4,6H,5H2,(H,19,20). The van der Waals surface area contributed by atoms with E-state index in [1.54, 1.807) is 0 Å². The zero-order valence-electron chi connectivity index (χ0n) is 10.3. The number of halogens is 5. The molecule has 0 aliphatic heterocycles. The Hall–Kier alpha value is -0.860. The van der Waals surface area contributed by atoms with Crippen LogP contribution in [0.4, 0.5) is 13.2 Å². The lowest BCUT2D eigenvalue weighted by atomic mass is 10.1. The van der Waals surface area contributed by atoms with E-state index in [1.165, 1.54) is 17.4 Å². The van der Waals surface area contributed by atoms with Gasteiger partial charge in [0.25, 0.3) is 5.91 Å². The highest BCUT2D eigenvalue weighted by atomic mass is 79.9. The van der Waals surface area contributed by atoms with Gasteiger partial charge in [0.15, 0.2) is 0 Å². The number of thiophene rings is 1. The van der Waals surface area contributed by atoms with E-state index >= 15 is 0 Å². The van der Waals surface area contributed by atoms with Crippen molar-refractivity contribution in [3.8, 4) is 0 Å². The fourth-order valence-corrected chi connectivity index (χ4v) is 3.40. The van der Waals surface area contributed by atoms with Crippen molar-refractivity contribution in [1.82, 2.24) is 5.32 Å². The summed E-state index contributed by atoms with van der Waals surface area (Å²) in [6.07, 6.45) is -4.48. The zero-order valence-corrected chi connectivity index (χ0v) is 14.3. The summed E-state index contributed by atoms with van der Waals surface area (Å²) in [7, 11) is 0. The highest BCUT2D eigenvalue weighted by Gasteiger charge is 2.31. The molecule has 0 spiro atoms. The fraction of sp³-hybridized carbons (Fsp3) is 0.154. The van der Waals surface area contributed by atoms with Crippen LogP contribution < -0.4 is 5.32 Å². The predicted octanol–water partition coefficient (Wildman–Crippen LogP) is 5.22. The van der Waals surface area contributed by atoms with Gasteiger partial charge >= 0.3 is 6.18 Å². The van der Waals surface area contributed by atoms with Crippen LogP contribution in [0.1, 0.15) is 20.8 Å². The van der Waals surface area contributed by atoms with Crippen LogP contribution >= 0.6 is 43.2 Å². The summed E-state index contributed by atoms with van der Waals surface area (Å²) < 4.78 is 39.2. The molecule has 0 bridgehead atoms. The molecule has 0 radical (unpaired) electrons. The lowest BCUT2D eigenvalue weighted by molar-refractivity contribution is -0.137. The third-order valence-electron chi connectivity index (χ3n) is 2.58. The number of hydrogen-bond donors (Lipinski definition) is 1. The topological polar surface area (TPSA) is 29.1 Å². The van der Waals surface area contributed by atoms with Crippen molar-refractivity contribution in [3.05, 3.63) is 54.6 Å². The Kier molecular flexibility index (Phi) is 5.11. The quantitative estimate of drug-likeness (QED) is 0.693. The van der Waals surface area contributed by atoms with Crippen LogP contribution in [0.15, 0.2) is 38.6 Å². The van der Waals surface area contributed by atoms with Crippen LogP contribution in [0.25, 0.3) is 0 Å². The number of amides is 1. The first-order valence-electron chi connectivity index (χ1n) is 5.65. The Labute approximate surface area is 139 Å². The summed E-state index contributed by atoms with van der Waals surface area (Å²) in [5.74, 6) is -0.558. The number of carbonyl (C=O) groups is 1. The molecule has 2 aromatic rings. The summed E-state index contributed by atoms with van der Waals surface area (Å²) in [5.41, 5.74) is -0.893. The van der Waals surface area contributed by atoms with Crippen LogP contribution in [0.2, 0.25) is 0 Å². The molecular weight excluding hydrogens is 435 g/mol. The van der Waals surface area contributed by atoms with Crippen molar-refractivity contribution in [2.24, 2.45) is 0 Å². The number of rotatable bonds is 3. The van der Waals surface area contributed by atoms with Crippen molar-refractivity contribution in [1.29, 1.82) is 0 Å². The van der Waals surface area contributed by atoms with E-state index in [1.807, 2.05) is 11.4 Å². The average Bonchev–Trinajstić information content (AvgIpc) is 2.81. The van der Waals surface area contributed by atoms with Gasteiger partial charge in [-0.15, -0.1) is 11.3 Å². The summed E-state index contributed by atoms with van der Waals surface area (Å²) >= 11 is 7.83. The molecule has 1 aromatic carbocycles. The Morgan fingerprint density at radius 1 is 1.24 bits per heavy atom. The van der Waals surface area contributed by atoms with E-state index in [2.05, 4.69) is 37.2 Å². The lowest BCUT2D eigenvalue weighted by Crippen LogP contribution is -2.23. The molecule has 2 nitrogen and oxygen atoms in total. The average molecular weight is 443 g/mol. The van der Waals surface area contributed by atoms with E-state index in [9.17, 15) is 18.0 Å². The largest absolute Gasteiger partial charge is 0.416 e. The zero-order chi connectivity index (χ0) is 15.6. The minimum Gasteiger partial charge on any atom is -0.347 e. The number of benzene rings is 1. The van der Waals surface area contributed by atoms with Crippen LogP contribution in [0.5, 0.6) is 0 Å². The second-order valence-corrected chi connectivity index (χ2v) is 6.87. The number of nitrogens with one attached hydrogen (secondary N) is 1. The Morgan fingerprint density at radius 3 is 2.52 bits per heavy atom. The monoisotopic (exact) mass is 441 g/mol. The molecule has 2 rings (SSSR count). The first kappa shape index (κ1) is 16.5. The third-order valence-corrected chi connectivity index (χ3v) is 4.97. The molecule has 1 aromatic heterocycles. The van der Waals surface area contributed by atoms with Gasteiger partial charge < -0.3 is 5.32 Å². The highest BCUT2D eigenvalue weighted by Crippen LogP contribution is 2.32. The van der Waals surface area contributed by atoms with E-state index in [-0.39, 0.29) is 12.1 Å². The van der Waals surface area contributed by atoms with E-state index in [0.29, 0.717) is 4.47 Å². The van der Waals surface area contributed by atoms with Crippen molar-refractivity contribution in [2.45, 2.75) is 12.7 Å². The van der Waals surface area contributed by atoms with Crippen molar-refractivity contribution >= 4 is 49.1 Å². The van der Waals surface area contributed by atoms with Crippen LogP contribution in [0.3, 0.4) is 0 Å². The molecule has 0 unspecified atom stereocenters. The smallest absolute Gasteiger partial charge is 0.347 e. The van der Waals surface area contributed by atoms with Gasteiger partial charge in [-0.1, -0.05) is 0 Å². The predicted molar refractivity (Wildman–Crippen MR) is 82.3 cm³/mol. The van der Waals surface area contributed by atoms with Gasteiger partial charge in [-0.2, -0.15) is 13.2 Å². The maximum atomic E-state index is 12.7. The maximum absolute atomic E-state index is 12.7. The van der Waals surface area contributed by atoms with Gasteiger partial charge in [0.05, 0.1) is 17.7 Å². The third kappa shape index (κ3) is 4.31. The van der Waals surface area contributed by atoms with Gasteiger partial charge in [0.2, 0.25) is 0 Å². The molecule has 112 valence electrons. The summed E-state index contributed by atoms with van der Waals surface area (Å²) in [5, 5.41) is 4.46.